The zero-order chi connectivity index (χ0) is 99.1. The third kappa shape index (κ3) is 17.9. The van der Waals surface area contributed by atoms with Crippen molar-refractivity contribution >= 4 is 55.3 Å². The molecule has 0 aliphatic carbocycles. The van der Waals surface area contributed by atoms with Crippen molar-refractivity contribution in [3.63, 3.8) is 0 Å². The van der Waals surface area contributed by atoms with Crippen LogP contribution in [0.2, 0.25) is 39.3 Å². The average molecular weight is 1930 g/mol. The molecule has 0 unspecified atom stereocenters. The van der Waals surface area contributed by atoms with Gasteiger partial charge in [0.25, 0.3) is 0 Å². The predicted molar refractivity (Wildman–Crippen MR) is 618 cm³/mol. The van der Waals surface area contributed by atoms with Crippen molar-refractivity contribution in [2.75, 3.05) is 0 Å². The van der Waals surface area contributed by atoms with Gasteiger partial charge in [-0.2, -0.15) is 0 Å². The Morgan fingerprint density at radius 3 is 0.490 bits per heavy atom. The van der Waals surface area contributed by atoms with E-state index < -0.39 is 24.2 Å². The molecule has 23 aromatic rings. The second-order valence-electron chi connectivity index (χ2n) is 39.4. The molecule has 26 rings (SSSR count). The Kier molecular flexibility index (Phi) is 24.3. The molecule has 9 nitrogen and oxygen atoms in total. The van der Waals surface area contributed by atoms with Crippen LogP contribution in [0, 0.1) is 0 Å². The zero-order valence-electron chi connectivity index (χ0n) is 82.4. The van der Waals surface area contributed by atoms with Crippen molar-refractivity contribution in [1.82, 2.24) is 44.9 Å². The number of hydrogen-bond acceptors (Lipinski definition) is 9. The topological polar surface area (TPSA) is 116 Å². The predicted octanol–water partition coefficient (Wildman–Crippen LogP) is 30.4. The Hall–Kier alpha value is -17.9. The molecule has 698 valence electrons. The van der Waals surface area contributed by atoms with E-state index in [0.29, 0.717) is 52.4 Å². The van der Waals surface area contributed by atoms with Crippen molar-refractivity contribution in [3.05, 3.63) is 504 Å². The van der Waals surface area contributed by atoms with Crippen LogP contribution in [-0.2, 0) is 0 Å². The quantitative estimate of drug-likeness (QED) is 0.0822. The second-order valence-corrected chi connectivity index (χ2v) is 52.4. The van der Waals surface area contributed by atoms with Crippen LogP contribution in [0.4, 0.5) is 0 Å². The molecule has 0 spiro atoms. The van der Waals surface area contributed by atoms with E-state index in [1.807, 2.05) is 133 Å². The van der Waals surface area contributed by atoms with Crippen LogP contribution in [-0.4, -0.2) is 69.1 Å². The fourth-order valence-corrected chi connectivity index (χ4v) is 30.8. The van der Waals surface area contributed by atoms with Crippen LogP contribution < -0.4 is 31.1 Å². The number of benzene rings is 20. The lowest BCUT2D eigenvalue weighted by molar-refractivity contribution is 1.07. The Labute approximate surface area is 861 Å². The third-order valence-corrected chi connectivity index (χ3v) is 40.0. The molecule has 147 heavy (non-hydrogen) atoms. The maximum Gasteiger partial charge on any atom is 0.164 e. The molecule has 6 heterocycles. The van der Waals surface area contributed by atoms with Gasteiger partial charge in [0.1, 0.15) is 24.2 Å². The lowest BCUT2D eigenvalue weighted by Gasteiger charge is -2.19. The molecule has 0 fully saturated rings. The van der Waals surface area contributed by atoms with Crippen LogP contribution in [0.25, 0.3) is 225 Å². The van der Waals surface area contributed by atoms with E-state index in [1.54, 1.807) is 0 Å². The molecule has 3 aliphatic heterocycles. The van der Waals surface area contributed by atoms with Crippen LogP contribution in [0.5, 0.6) is 0 Å². The van der Waals surface area contributed by atoms with E-state index >= 15 is 0 Å². The molecule has 0 saturated heterocycles. The van der Waals surface area contributed by atoms with Gasteiger partial charge in [0.2, 0.25) is 0 Å². The van der Waals surface area contributed by atoms with Crippen molar-refractivity contribution in [1.29, 1.82) is 0 Å². The fraction of sp³-hybridized carbons (Fsp3) is 0.0444. The third-order valence-electron chi connectivity index (χ3n) is 29.4. The molecular weight excluding hydrogens is 1830 g/mol. The summed E-state index contributed by atoms with van der Waals surface area (Å²) in [6, 6.07) is 178. The summed E-state index contributed by atoms with van der Waals surface area (Å²) in [4.78, 5) is 44.4. The first-order valence-electron chi connectivity index (χ1n) is 50.3. The van der Waals surface area contributed by atoms with Gasteiger partial charge in [-0.1, -0.05) is 537 Å². The first kappa shape index (κ1) is 91.6. The maximum absolute atomic E-state index is 5.02. The first-order valence-corrected chi connectivity index (χ1v) is 59.3. The van der Waals surface area contributed by atoms with Gasteiger partial charge >= 0.3 is 0 Å². The molecular formula is C135H101N9Si3. The largest absolute Gasteiger partial charge is 0.208 e. The Bertz CT molecular complexity index is 8770. The Morgan fingerprint density at radius 1 is 0.109 bits per heavy atom. The average Bonchev–Trinajstić information content (AvgIpc) is 1.57. The van der Waals surface area contributed by atoms with E-state index in [1.165, 1.54) is 120 Å². The van der Waals surface area contributed by atoms with Gasteiger partial charge in [-0.3, -0.25) is 0 Å². The summed E-state index contributed by atoms with van der Waals surface area (Å²) < 4.78 is 0. The fourth-order valence-electron chi connectivity index (χ4n) is 21.5. The van der Waals surface area contributed by atoms with Crippen molar-refractivity contribution in [2.45, 2.75) is 39.3 Å². The SMILES string of the molecule is C[Si]1(C)c2ccccc2-c2c(-c3ccc(-c4ccc(-c5nc(-c6ccccc6)nc(-c6ccc(-c7ccccc7)cc6)n5)cc4)cc3)cccc21.C[Si]1(C)c2ccccc2-c2c(-c3ccc(-c4ccc(-c5nc(-c6ccccc6)nc(-c6cccc(-c7ccccc7)c6)n5)cc4)cc3)cccc21.C[Si]1(C)c2ccccc2-c2c(-c3ccc(-c4ccc(-c5nc(-c6ccccc6)nc(-c6ccccc6)n5)cc4)cc3)cccc21. The van der Waals surface area contributed by atoms with E-state index in [9.17, 15) is 0 Å². The molecule has 12 heteroatoms. The summed E-state index contributed by atoms with van der Waals surface area (Å²) >= 11 is 0. The van der Waals surface area contributed by atoms with Crippen molar-refractivity contribution in [3.8, 4) is 225 Å². The maximum atomic E-state index is 5.02. The number of fused-ring (bicyclic) bond motifs is 9. The van der Waals surface area contributed by atoms with Gasteiger partial charge in [-0.15, -0.1) is 0 Å². The first-order chi connectivity index (χ1) is 72.1. The molecule has 0 bridgehead atoms. The van der Waals surface area contributed by atoms with Crippen LogP contribution >= 0.6 is 0 Å². The van der Waals surface area contributed by atoms with Gasteiger partial charge in [0, 0.05) is 50.1 Å². The van der Waals surface area contributed by atoms with E-state index in [4.69, 9.17) is 44.9 Å². The van der Waals surface area contributed by atoms with E-state index in [-0.39, 0.29) is 0 Å². The van der Waals surface area contributed by atoms with Gasteiger partial charge in [-0.05, 0) is 160 Å². The Balaban J connectivity index is 0.000000118. The number of hydrogen-bond donors (Lipinski definition) is 0. The molecule has 0 atom stereocenters. The smallest absolute Gasteiger partial charge is 0.164 e. The lowest BCUT2D eigenvalue weighted by atomic mass is 9.93. The van der Waals surface area contributed by atoms with Crippen molar-refractivity contribution in [2.24, 2.45) is 0 Å². The summed E-state index contributed by atoms with van der Waals surface area (Å²) in [7, 11) is -5.14. The normalized spacial score (nSPS) is 12.7. The molecule has 3 aliphatic rings. The molecule has 0 radical (unpaired) electrons. The van der Waals surface area contributed by atoms with Crippen molar-refractivity contribution < 1.29 is 0 Å². The highest BCUT2D eigenvalue weighted by Gasteiger charge is 2.42. The van der Waals surface area contributed by atoms with Gasteiger partial charge in [-0.25, -0.2) is 44.9 Å². The summed E-state index contributed by atoms with van der Waals surface area (Å²) in [5.41, 5.74) is 36.3. The summed E-state index contributed by atoms with van der Waals surface area (Å²) in [5, 5.41) is 9.19. The van der Waals surface area contributed by atoms with E-state index in [0.717, 1.165) is 83.5 Å². The van der Waals surface area contributed by atoms with Crippen LogP contribution in [0.15, 0.2) is 504 Å². The Morgan fingerprint density at radius 2 is 0.252 bits per heavy atom. The number of rotatable bonds is 17. The molecule has 0 amide bonds. The number of nitrogens with zero attached hydrogens (tertiary/aromatic N) is 9. The molecule has 3 aromatic heterocycles. The van der Waals surface area contributed by atoms with Gasteiger partial charge in [0.05, 0.1) is 0 Å². The standard InChI is InChI=1S/2C47H35N3Si.C41H31N3Si/c1-51(2)42-21-10-9-19-41(42)44-40(20-12-22-43(44)51)35-27-23-33(24-28-35)34-25-29-37(30-26-34)46-48-45(36-15-7-4-8-16-36)49-47(50-46)39-18-11-17-38(31-39)32-13-5-3-6-14-32;1-51(2)42-18-10-9-16-41(42)44-40(17-11-19-43(44)51)36-26-20-34(21-27-36)35-24-30-39(31-25-35)47-49-45(37-14-7-4-8-15-37)48-46(50-47)38-28-22-33(23-29-38)32-12-5-3-6-13-32;1-45(2)36-18-10-9-16-35(36)38-34(17-11-19-37(38)45)30-24-20-28(21-25-30)29-22-26-33(27-23-29)41-43-39(31-12-5-3-6-13-31)42-40(44-41)32-14-7-4-8-15-32/h2*3-31H,1-2H3;3-27H,1-2H3. The van der Waals surface area contributed by atoms with E-state index in [2.05, 4.69) is 409 Å². The second kappa shape index (κ2) is 39.1. The number of aromatic nitrogens is 9. The van der Waals surface area contributed by atoms with Gasteiger partial charge in [0.15, 0.2) is 52.4 Å². The summed E-state index contributed by atoms with van der Waals surface area (Å²) in [6.07, 6.45) is 0. The van der Waals surface area contributed by atoms with Crippen LogP contribution in [0.1, 0.15) is 0 Å². The minimum atomic E-state index is -1.72. The minimum Gasteiger partial charge on any atom is -0.208 e. The minimum absolute atomic E-state index is 0.649. The monoisotopic (exact) mass is 1930 g/mol. The zero-order valence-corrected chi connectivity index (χ0v) is 85.4. The molecule has 20 aromatic carbocycles. The highest BCUT2D eigenvalue weighted by molar-refractivity contribution is 7.05. The highest BCUT2D eigenvalue weighted by atomic mass is 28.3. The molecule has 0 saturated carbocycles. The lowest BCUT2D eigenvalue weighted by Crippen LogP contribution is -2.49. The summed E-state index contributed by atoms with van der Waals surface area (Å²) in [6.45, 7) is 14.8. The van der Waals surface area contributed by atoms with Gasteiger partial charge < -0.3 is 0 Å². The molecule has 0 N–H and O–H groups in total. The highest BCUT2D eigenvalue weighted by Crippen LogP contribution is 2.44. The summed E-state index contributed by atoms with van der Waals surface area (Å²) in [5.74, 6) is 5.91. The van der Waals surface area contributed by atoms with Crippen LogP contribution in [0.3, 0.4) is 0 Å².